The van der Waals surface area contributed by atoms with E-state index in [-0.39, 0.29) is 31.1 Å². The van der Waals surface area contributed by atoms with Gasteiger partial charge in [-0.1, -0.05) is 166 Å². The molecule has 0 heterocycles. The number of rotatable bonds is 39. The number of hydrogen-bond acceptors (Lipinski definition) is 6. The van der Waals surface area contributed by atoms with E-state index in [1.54, 1.807) is 0 Å². The van der Waals surface area contributed by atoms with Gasteiger partial charge in [-0.05, 0) is 77.0 Å². The molecule has 0 N–H and O–H groups in total. The van der Waals surface area contributed by atoms with Crippen molar-refractivity contribution in [3.05, 3.63) is 48.6 Å². The fourth-order valence-corrected chi connectivity index (χ4v) is 5.92. The molecule has 0 spiro atoms. The first-order chi connectivity index (χ1) is 26.0. The van der Waals surface area contributed by atoms with Crippen LogP contribution in [0.15, 0.2) is 48.6 Å². The van der Waals surface area contributed by atoms with E-state index < -0.39 is 6.10 Å². The van der Waals surface area contributed by atoms with Gasteiger partial charge in [0.2, 0.25) is 0 Å². The summed E-state index contributed by atoms with van der Waals surface area (Å²) in [6, 6.07) is 0. The number of carbonyl (C=O) groups excluding carboxylic acids is 3. The average Bonchev–Trinajstić information content (AvgIpc) is 3.15. The molecule has 0 aliphatic rings. The van der Waals surface area contributed by atoms with E-state index in [1.807, 2.05) is 0 Å². The first kappa shape index (κ1) is 50.4. The molecule has 0 bridgehead atoms. The van der Waals surface area contributed by atoms with Gasteiger partial charge in [0, 0.05) is 19.3 Å². The minimum Gasteiger partial charge on any atom is -0.462 e. The van der Waals surface area contributed by atoms with Crippen LogP contribution in [-0.4, -0.2) is 37.2 Å². The van der Waals surface area contributed by atoms with Gasteiger partial charge in [0.1, 0.15) is 13.2 Å². The molecule has 0 aromatic heterocycles. The lowest BCUT2D eigenvalue weighted by Gasteiger charge is -2.18. The normalized spacial score (nSPS) is 12.4. The minimum absolute atomic E-state index is 0.0834. The fraction of sp³-hybridized carbons (Fsp3) is 0.766. The molecule has 6 nitrogen and oxygen atoms in total. The Morgan fingerprint density at radius 1 is 0.377 bits per heavy atom. The molecule has 0 saturated heterocycles. The zero-order valence-electron chi connectivity index (χ0n) is 34.8. The fourth-order valence-electron chi connectivity index (χ4n) is 5.92. The maximum Gasteiger partial charge on any atom is 0.306 e. The zero-order chi connectivity index (χ0) is 38.7. The number of esters is 3. The highest BCUT2D eigenvalue weighted by Gasteiger charge is 2.19. The molecule has 0 radical (unpaired) electrons. The summed E-state index contributed by atoms with van der Waals surface area (Å²) in [7, 11) is 0. The Morgan fingerprint density at radius 3 is 1.15 bits per heavy atom. The molecule has 0 amide bonds. The van der Waals surface area contributed by atoms with Crippen LogP contribution >= 0.6 is 0 Å². The number of ether oxygens (including phenoxy) is 3. The van der Waals surface area contributed by atoms with Crippen LogP contribution in [0.25, 0.3) is 0 Å². The van der Waals surface area contributed by atoms with E-state index in [0.717, 1.165) is 109 Å². The van der Waals surface area contributed by atoms with Gasteiger partial charge in [-0.2, -0.15) is 0 Å². The topological polar surface area (TPSA) is 78.9 Å². The second-order valence-electron chi connectivity index (χ2n) is 14.6. The standard InChI is InChI=1S/C47H82O6/c1-4-7-10-13-16-18-20-22-23-25-26-28-31-34-37-40-46(49)52-43-44(42-51-45(48)39-36-33-30-15-12-9-6-3)53-47(50)41-38-35-32-29-27-24-21-19-17-14-11-8-5-2/h11,14,16,18-19,21-23,44H,4-10,12-13,15,17,20,24-43H2,1-3H3/b14-11-,18-16-,21-19-,23-22-. The van der Waals surface area contributed by atoms with Crippen molar-refractivity contribution in [2.75, 3.05) is 13.2 Å². The molecular formula is C47H82O6. The molecule has 1 unspecified atom stereocenters. The van der Waals surface area contributed by atoms with Gasteiger partial charge in [0.15, 0.2) is 6.10 Å². The first-order valence-corrected chi connectivity index (χ1v) is 22.1. The predicted octanol–water partition coefficient (Wildman–Crippen LogP) is 14.0. The Bertz CT molecular complexity index is 949. The Hall–Kier alpha value is -2.63. The summed E-state index contributed by atoms with van der Waals surface area (Å²) >= 11 is 0. The Balaban J connectivity index is 4.36. The Kier molecular flexibility index (Phi) is 40.0. The van der Waals surface area contributed by atoms with Crippen LogP contribution in [0, 0.1) is 0 Å². The lowest BCUT2D eigenvalue weighted by Crippen LogP contribution is -2.30. The summed E-state index contributed by atoms with van der Waals surface area (Å²) in [5, 5.41) is 0. The third-order valence-corrected chi connectivity index (χ3v) is 9.29. The molecule has 0 aliphatic heterocycles. The van der Waals surface area contributed by atoms with E-state index >= 15 is 0 Å². The molecule has 53 heavy (non-hydrogen) atoms. The van der Waals surface area contributed by atoms with E-state index in [2.05, 4.69) is 69.4 Å². The van der Waals surface area contributed by atoms with Crippen LogP contribution in [0.5, 0.6) is 0 Å². The molecule has 306 valence electrons. The molecule has 0 aromatic rings. The first-order valence-electron chi connectivity index (χ1n) is 22.1. The molecule has 0 rings (SSSR count). The van der Waals surface area contributed by atoms with Crippen molar-refractivity contribution in [1.82, 2.24) is 0 Å². The van der Waals surface area contributed by atoms with Gasteiger partial charge in [0.05, 0.1) is 0 Å². The highest BCUT2D eigenvalue weighted by atomic mass is 16.6. The van der Waals surface area contributed by atoms with Gasteiger partial charge in [-0.3, -0.25) is 14.4 Å². The predicted molar refractivity (Wildman–Crippen MR) is 224 cm³/mol. The Morgan fingerprint density at radius 2 is 0.717 bits per heavy atom. The summed E-state index contributed by atoms with van der Waals surface area (Å²) in [6.07, 6.45) is 48.1. The van der Waals surface area contributed by atoms with Gasteiger partial charge >= 0.3 is 17.9 Å². The van der Waals surface area contributed by atoms with Gasteiger partial charge < -0.3 is 14.2 Å². The van der Waals surface area contributed by atoms with Crippen LogP contribution in [0.4, 0.5) is 0 Å². The minimum atomic E-state index is -0.780. The SMILES string of the molecule is CCC/C=C\C/C=C\CCCCCCCC(=O)OC(COC(=O)CCCCCCC/C=C\C/C=C\CCCCC)COC(=O)CCCCCCCCC. The highest BCUT2D eigenvalue weighted by Crippen LogP contribution is 2.13. The smallest absolute Gasteiger partial charge is 0.306 e. The van der Waals surface area contributed by atoms with Gasteiger partial charge in [0.25, 0.3) is 0 Å². The van der Waals surface area contributed by atoms with E-state index in [1.165, 1.54) is 64.2 Å². The lowest BCUT2D eigenvalue weighted by molar-refractivity contribution is -0.167. The average molecular weight is 743 g/mol. The molecular weight excluding hydrogens is 661 g/mol. The van der Waals surface area contributed by atoms with Crippen LogP contribution in [0.2, 0.25) is 0 Å². The molecule has 0 aliphatic carbocycles. The molecule has 1 atom stereocenters. The highest BCUT2D eigenvalue weighted by molar-refractivity contribution is 5.71. The molecule has 0 aromatic carbocycles. The van der Waals surface area contributed by atoms with Crippen LogP contribution in [-0.2, 0) is 28.6 Å². The third-order valence-electron chi connectivity index (χ3n) is 9.29. The van der Waals surface area contributed by atoms with E-state index in [0.29, 0.717) is 19.3 Å². The quantitative estimate of drug-likeness (QED) is 0.0270. The van der Waals surface area contributed by atoms with Crippen LogP contribution in [0.3, 0.4) is 0 Å². The van der Waals surface area contributed by atoms with Crippen molar-refractivity contribution >= 4 is 17.9 Å². The van der Waals surface area contributed by atoms with Gasteiger partial charge in [-0.25, -0.2) is 0 Å². The lowest BCUT2D eigenvalue weighted by atomic mass is 10.1. The summed E-state index contributed by atoms with van der Waals surface area (Å²) in [5.74, 6) is -0.922. The largest absolute Gasteiger partial charge is 0.462 e. The van der Waals surface area contributed by atoms with Crippen molar-refractivity contribution < 1.29 is 28.6 Å². The van der Waals surface area contributed by atoms with Crippen molar-refractivity contribution in [3.8, 4) is 0 Å². The summed E-state index contributed by atoms with van der Waals surface area (Å²) < 4.78 is 16.6. The maximum atomic E-state index is 12.7. The van der Waals surface area contributed by atoms with E-state index in [4.69, 9.17) is 14.2 Å². The second kappa shape index (κ2) is 42.1. The van der Waals surface area contributed by atoms with Gasteiger partial charge in [-0.15, -0.1) is 0 Å². The summed E-state index contributed by atoms with van der Waals surface area (Å²) in [6.45, 7) is 6.46. The van der Waals surface area contributed by atoms with Crippen LogP contribution in [0.1, 0.15) is 213 Å². The summed E-state index contributed by atoms with van der Waals surface area (Å²) in [4.78, 5) is 37.6. The zero-order valence-corrected chi connectivity index (χ0v) is 34.8. The van der Waals surface area contributed by atoms with E-state index in [9.17, 15) is 14.4 Å². The molecule has 6 heteroatoms. The monoisotopic (exact) mass is 743 g/mol. The number of unbranched alkanes of at least 4 members (excludes halogenated alkanes) is 20. The van der Waals surface area contributed by atoms with Crippen molar-refractivity contribution in [2.24, 2.45) is 0 Å². The molecule has 0 saturated carbocycles. The Labute approximate surface area is 327 Å². The maximum absolute atomic E-state index is 12.7. The summed E-state index contributed by atoms with van der Waals surface area (Å²) in [5.41, 5.74) is 0. The number of hydrogen-bond donors (Lipinski definition) is 0. The number of carbonyl (C=O) groups is 3. The number of allylic oxidation sites excluding steroid dienone is 8. The van der Waals surface area contributed by atoms with Crippen LogP contribution < -0.4 is 0 Å². The molecule has 0 fully saturated rings. The van der Waals surface area contributed by atoms with Crippen molar-refractivity contribution in [2.45, 2.75) is 219 Å². The third kappa shape index (κ3) is 40.4. The van der Waals surface area contributed by atoms with Crippen molar-refractivity contribution in [3.63, 3.8) is 0 Å². The van der Waals surface area contributed by atoms with Crippen molar-refractivity contribution in [1.29, 1.82) is 0 Å². The second-order valence-corrected chi connectivity index (χ2v) is 14.6.